The molecular weight excluding hydrogens is 246 g/mol. The van der Waals surface area contributed by atoms with Gasteiger partial charge in [0.2, 0.25) is 6.79 Å². The molecule has 3 rings (SSSR count). The van der Waals surface area contributed by atoms with Crippen LogP contribution in [0.4, 0.5) is 0 Å². The maximum atomic E-state index is 7.49. The number of nitrogens with zero attached hydrogens (tertiary/aromatic N) is 1. The lowest BCUT2D eigenvalue weighted by atomic mass is 10.2. The van der Waals surface area contributed by atoms with Crippen LogP contribution in [0.2, 0.25) is 0 Å². The average Bonchev–Trinajstić information content (AvgIpc) is 2.86. The van der Waals surface area contributed by atoms with Crippen molar-refractivity contribution >= 4 is 5.84 Å². The molecule has 2 heterocycles. The van der Waals surface area contributed by atoms with Gasteiger partial charge in [-0.15, -0.1) is 0 Å². The van der Waals surface area contributed by atoms with Gasteiger partial charge in [0, 0.05) is 12.3 Å². The SMILES string of the molecule is N=C(N)c1ccncc1Oc1ccc2c(c1)OCO2. The Kier molecular flexibility index (Phi) is 2.68. The second-order valence-corrected chi connectivity index (χ2v) is 3.90. The van der Waals surface area contributed by atoms with Crippen molar-refractivity contribution in [3.05, 3.63) is 42.2 Å². The number of nitrogens with one attached hydrogen (secondary N) is 1. The zero-order valence-electron chi connectivity index (χ0n) is 9.92. The van der Waals surface area contributed by atoms with Crippen LogP contribution in [0.1, 0.15) is 5.56 Å². The van der Waals surface area contributed by atoms with Crippen molar-refractivity contribution in [3.63, 3.8) is 0 Å². The molecule has 19 heavy (non-hydrogen) atoms. The highest BCUT2D eigenvalue weighted by Gasteiger charge is 2.15. The first-order valence-corrected chi connectivity index (χ1v) is 5.60. The summed E-state index contributed by atoms with van der Waals surface area (Å²) in [5.41, 5.74) is 5.98. The van der Waals surface area contributed by atoms with Crippen LogP contribution in [0.3, 0.4) is 0 Å². The lowest BCUT2D eigenvalue weighted by Crippen LogP contribution is -2.12. The molecule has 1 aliphatic rings. The summed E-state index contributed by atoms with van der Waals surface area (Å²) >= 11 is 0. The largest absolute Gasteiger partial charge is 0.455 e. The summed E-state index contributed by atoms with van der Waals surface area (Å²) in [5.74, 6) is 2.24. The molecule has 1 aliphatic heterocycles. The number of pyridine rings is 1. The molecule has 6 nitrogen and oxygen atoms in total. The van der Waals surface area contributed by atoms with E-state index in [4.69, 9.17) is 25.4 Å². The summed E-state index contributed by atoms with van der Waals surface area (Å²) in [6, 6.07) is 6.87. The van der Waals surface area contributed by atoms with Gasteiger partial charge in [0.1, 0.15) is 11.6 Å². The average molecular weight is 257 g/mol. The Hall–Kier alpha value is -2.76. The smallest absolute Gasteiger partial charge is 0.231 e. The summed E-state index contributed by atoms with van der Waals surface area (Å²) in [5, 5.41) is 7.49. The van der Waals surface area contributed by atoms with Gasteiger partial charge in [0.05, 0.1) is 11.8 Å². The van der Waals surface area contributed by atoms with Gasteiger partial charge in [0.15, 0.2) is 17.2 Å². The van der Waals surface area contributed by atoms with Crippen LogP contribution in [0.5, 0.6) is 23.0 Å². The molecule has 1 aromatic heterocycles. The molecule has 0 aliphatic carbocycles. The summed E-state index contributed by atoms with van der Waals surface area (Å²) in [7, 11) is 0. The topological polar surface area (TPSA) is 90.5 Å². The van der Waals surface area contributed by atoms with Crippen LogP contribution in [0.25, 0.3) is 0 Å². The van der Waals surface area contributed by atoms with Gasteiger partial charge in [-0.25, -0.2) is 0 Å². The molecule has 6 heteroatoms. The first-order chi connectivity index (χ1) is 9.24. The number of amidine groups is 1. The Morgan fingerprint density at radius 1 is 1.26 bits per heavy atom. The van der Waals surface area contributed by atoms with Crippen LogP contribution in [-0.4, -0.2) is 17.6 Å². The lowest BCUT2D eigenvalue weighted by molar-refractivity contribution is 0.174. The van der Waals surface area contributed by atoms with E-state index < -0.39 is 0 Å². The van der Waals surface area contributed by atoms with Gasteiger partial charge in [0.25, 0.3) is 0 Å². The highest BCUT2D eigenvalue weighted by molar-refractivity contribution is 5.97. The molecule has 2 aromatic rings. The Bertz CT molecular complexity index is 643. The standard InChI is InChI=1S/C13H11N3O3/c14-13(15)9-3-4-16-6-12(9)19-8-1-2-10-11(5-8)18-7-17-10/h1-6H,7H2,(H3,14,15). The van der Waals surface area contributed by atoms with E-state index in [1.807, 2.05) is 0 Å². The van der Waals surface area contributed by atoms with Crippen LogP contribution >= 0.6 is 0 Å². The molecule has 96 valence electrons. The van der Waals surface area contributed by atoms with Crippen molar-refractivity contribution in [2.45, 2.75) is 0 Å². The number of ether oxygens (including phenoxy) is 3. The second kappa shape index (κ2) is 4.49. The first-order valence-electron chi connectivity index (χ1n) is 5.60. The number of nitrogens with two attached hydrogens (primary N) is 1. The molecule has 0 saturated heterocycles. The molecule has 0 fully saturated rings. The number of aromatic nitrogens is 1. The Morgan fingerprint density at radius 3 is 2.95 bits per heavy atom. The predicted octanol–water partition coefficient (Wildman–Crippen LogP) is 1.89. The van der Waals surface area contributed by atoms with Gasteiger partial charge in [-0.1, -0.05) is 0 Å². The Balaban J connectivity index is 1.91. The number of hydrogen-bond acceptors (Lipinski definition) is 5. The van der Waals surface area contributed by atoms with Crippen LogP contribution < -0.4 is 19.9 Å². The second-order valence-electron chi connectivity index (χ2n) is 3.90. The molecule has 1 aromatic carbocycles. The highest BCUT2D eigenvalue weighted by atomic mass is 16.7. The van der Waals surface area contributed by atoms with Gasteiger partial charge in [-0.2, -0.15) is 0 Å². The van der Waals surface area contributed by atoms with E-state index in [1.54, 1.807) is 30.5 Å². The molecule has 0 bridgehead atoms. The quantitative estimate of drug-likeness (QED) is 0.647. The first kappa shape index (κ1) is 11.3. The predicted molar refractivity (Wildman–Crippen MR) is 67.9 cm³/mol. The Morgan fingerprint density at radius 2 is 2.11 bits per heavy atom. The van der Waals surface area contributed by atoms with E-state index in [0.717, 1.165) is 0 Å². The summed E-state index contributed by atoms with van der Waals surface area (Å²) in [4.78, 5) is 3.96. The third-order valence-corrected chi connectivity index (χ3v) is 2.65. The van der Waals surface area contributed by atoms with Crippen molar-refractivity contribution < 1.29 is 14.2 Å². The maximum absolute atomic E-state index is 7.49. The highest BCUT2D eigenvalue weighted by Crippen LogP contribution is 2.36. The lowest BCUT2D eigenvalue weighted by Gasteiger charge is -2.09. The number of hydrogen-bond donors (Lipinski definition) is 2. The van der Waals surface area contributed by atoms with Crippen molar-refractivity contribution in [3.8, 4) is 23.0 Å². The normalized spacial score (nSPS) is 12.2. The van der Waals surface area contributed by atoms with E-state index >= 15 is 0 Å². The van der Waals surface area contributed by atoms with E-state index in [9.17, 15) is 0 Å². The van der Waals surface area contributed by atoms with E-state index in [0.29, 0.717) is 28.6 Å². The zero-order chi connectivity index (χ0) is 13.2. The number of fused-ring (bicyclic) bond motifs is 1. The van der Waals surface area contributed by atoms with Crippen molar-refractivity contribution in [1.82, 2.24) is 4.98 Å². The third kappa shape index (κ3) is 2.15. The van der Waals surface area contributed by atoms with Crippen LogP contribution in [-0.2, 0) is 0 Å². The minimum absolute atomic E-state index is 0.0712. The molecule has 0 amide bonds. The van der Waals surface area contributed by atoms with Crippen LogP contribution in [0, 0.1) is 5.41 Å². The fraction of sp³-hybridized carbons (Fsp3) is 0.0769. The molecule has 0 unspecified atom stereocenters. The minimum Gasteiger partial charge on any atom is -0.455 e. The summed E-state index contributed by atoms with van der Waals surface area (Å²) in [6.07, 6.45) is 3.07. The van der Waals surface area contributed by atoms with Crippen molar-refractivity contribution in [2.75, 3.05) is 6.79 Å². The number of benzene rings is 1. The van der Waals surface area contributed by atoms with Crippen molar-refractivity contribution in [2.24, 2.45) is 5.73 Å². The van der Waals surface area contributed by atoms with Gasteiger partial charge >= 0.3 is 0 Å². The molecule has 0 radical (unpaired) electrons. The summed E-state index contributed by atoms with van der Waals surface area (Å²) in [6.45, 7) is 0.213. The van der Waals surface area contributed by atoms with E-state index in [-0.39, 0.29) is 12.6 Å². The van der Waals surface area contributed by atoms with Gasteiger partial charge in [-0.3, -0.25) is 10.4 Å². The van der Waals surface area contributed by atoms with Crippen molar-refractivity contribution in [1.29, 1.82) is 5.41 Å². The molecule has 0 saturated carbocycles. The number of nitrogen functional groups attached to an aromatic ring is 1. The van der Waals surface area contributed by atoms with Crippen LogP contribution in [0.15, 0.2) is 36.7 Å². The molecule has 0 atom stereocenters. The van der Waals surface area contributed by atoms with E-state index in [1.165, 1.54) is 6.20 Å². The Labute approximate surface area is 109 Å². The zero-order valence-corrected chi connectivity index (χ0v) is 9.92. The summed E-state index contributed by atoms with van der Waals surface area (Å²) < 4.78 is 16.2. The van der Waals surface area contributed by atoms with Gasteiger partial charge < -0.3 is 19.9 Å². The molecule has 0 spiro atoms. The molecular formula is C13H11N3O3. The third-order valence-electron chi connectivity index (χ3n) is 2.65. The minimum atomic E-state index is -0.0712. The fourth-order valence-electron chi connectivity index (χ4n) is 1.75. The monoisotopic (exact) mass is 257 g/mol. The molecule has 3 N–H and O–H groups in total. The number of rotatable bonds is 3. The van der Waals surface area contributed by atoms with Gasteiger partial charge in [-0.05, 0) is 18.2 Å². The fourth-order valence-corrected chi connectivity index (χ4v) is 1.75. The maximum Gasteiger partial charge on any atom is 0.231 e. The van der Waals surface area contributed by atoms with E-state index in [2.05, 4.69) is 4.98 Å².